The van der Waals surface area contributed by atoms with Crippen molar-refractivity contribution in [3.8, 4) is 0 Å². The number of aromatic nitrogens is 1. The molecule has 76 valence electrons. The quantitative estimate of drug-likeness (QED) is 0.550. The molecule has 1 heterocycles. The minimum Gasteiger partial charge on any atom is -0.469 e. The minimum atomic E-state index is -0.154. The number of pyridine rings is 1. The van der Waals surface area contributed by atoms with Crippen LogP contribution in [0.2, 0.25) is 0 Å². The Bertz CT molecular complexity index is 277. The molecule has 0 saturated carbocycles. The van der Waals surface area contributed by atoms with E-state index in [0.717, 1.165) is 17.2 Å². The summed E-state index contributed by atoms with van der Waals surface area (Å²) in [5, 5.41) is 0. The van der Waals surface area contributed by atoms with Gasteiger partial charge in [0.05, 0.1) is 19.2 Å². The van der Waals surface area contributed by atoms with Crippen LogP contribution in [-0.4, -0.2) is 23.8 Å². The van der Waals surface area contributed by atoms with Crippen LogP contribution in [0.3, 0.4) is 0 Å². The van der Waals surface area contributed by atoms with Crippen LogP contribution in [0.1, 0.15) is 12.1 Å². The fraction of sp³-hybridized carbons (Fsp3) is 0.400. The van der Waals surface area contributed by atoms with Gasteiger partial charge in [0.25, 0.3) is 0 Å². The van der Waals surface area contributed by atoms with E-state index in [0.29, 0.717) is 6.42 Å². The molecule has 0 radical (unpaired) electrons. The van der Waals surface area contributed by atoms with Gasteiger partial charge in [-0.05, 0) is 12.1 Å². The Balaban J connectivity index is 2.13. The fourth-order valence-corrected chi connectivity index (χ4v) is 1.75. The first kappa shape index (κ1) is 11.0. The zero-order chi connectivity index (χ0) is 10.2. The third kappa shape index (κ3) is 4.28. The zero-order valence-corrected chi connectivity index (χ0v) is 8.92. The molecule has 0 saturated heterocycles. The summed E-state index contributed by atoms with van der Waals surface area (Å²) in [6.07, 6.45) is 2.24. The van der Waals surface area contributed by atoms with Crippen LogP contribution >= 0.6 is 11.8 Å². The summed E-state index contributed by atoms with van der Waals surface area (Å²) >= 11 is 1.69. The third-order valence-corrected chi connectivity index (χ3v) is 2.65. The molecule has 0 aliphatic heterocycles. The first-order valence-electron chi connectivity index (χ1n) is 4.37. The van der Waals surface area contributed by atoms with Gasteiger partial charge >= 0.3 is 5.97 Å². The molecule has 0 aromatic carbocycles. The number of methoxy groups -OCH3 is 1. The van der Waals surface area contributed by atoms with Crippen molar-refractivity contribution in [2.75, 3.05) is 12.9 Å². The number of nitrogens with zero attached hydrogens (tertiary/aromatic N) is 1. The van der Waals surface area contributed by atoms with E-state index < -0.39 is 0 Å². The highest BCUT2D eigenvalue weighted by Gasteiger charge is 1.99. The maximum Gasteiger partial charge on any atom is 0.306 e. The molecule has 0 aliphatic carbocycles. The van der Waals surface area contributed by atoms with E-state index in [1.54, 1.807) is 18.0 Å². The lowest BCUT2D eigenvalue weighted by Crippen LogP contribution is -2.01. The predicted molar refractivity (Wildman–Crippen MR) is 57.0 cm³/mol. The molecule has 0 atom stereocenters. The molecule has 1 rings (SSSR count). The summed E-state index contributed by atoms with van der Waals surface area (Å²) in [4.78, 5) is 15.0. The maximum absolute atomic E-state index is 10.8. The number of rotatable bonds is 5. The molecule has 0 fully saturated rings. The van der Waals surface area contributed by atoms with Crippen LogP contribution in [-0.2, 0) is 15.3 Å². The summed E-state index contributed by atoms with van der Waals surface area (Å²) in [6.45, 7) is 0. The van der Waals surface area contributed by atoms with Crippen molar-refractivity contribution >= 4 is 17.7 Å². The Hall–Kier alpha value is -1.03. The molecule has 0 amide bonds. The Morgan fingerprint density at radius 2 is 2.43 bits per heavy atom. The summed E-state index contributed by atoms with van der Waals surface area (Å²) in [7, 11) is 1.41. The van der Waals surface area contributed by atoms with Gasteiger partial charge in [-0.1, -0.05) is 6.07 Å². The van der Waals surface area contributed by atoms with E-state index in [1.807, 2.05) is 18.2 Å². The Morgan fingerprint density at radius 3 is 3.07 bits per heavy atom. The fourth-order valence-electron chi connectivity index (χ4n) is 0.918. The number of thioether (sulfide) groups is 1. The minimum absolute atomic E-state index is 0.154. The van der Waals surface area contributed by atoms with Crippen molar-refractivity contribution in [3.63, 3.8) is 0 Å². The van der Waals surface area contributed by atoms with Crippen LogP contribution in [0.25, 0.3) is 0 Å². The van der Waals surface area contributed by atoms with Gasteiger partial charge in [0, 0.05) is 17.7 Å². The highest BCUT2D eigenvalue weighted by Crippen LogP contribution is 2.10. The first-order chi connectivity index (χ1) is 6.83. The molecule has 4 heteroatoms. The summed E-state index contributed by atoms with van der Waals surface area (Å²) < 4.78 is 4.53. The van der Waals surface area contributed by atoms with Gasteiger partial charge in [0.2, 0.25) is 0 Å². The highest BCUT2D eigenvalue weighted by molar-refractivity contribution is 7.98. The van der Waals surface area contributed by atoms with Crippen molar-refractivity contribution in [2.45, 2.75) is 12.2 Å². The molecule has 0 spiro atoms. The summed E-state index contributed by atoms with van der Waals surface area (Å²) in [5.74, 6) is 1.47. The van der Waals surface area contributed by atoms with Crippen molar-refractivity contribution in [3.05, 3.63) is 30.1 Å². The van der Waals surface area contributed by atoms with Crippen LogP contribution in [0.4, 0.5) is 0 Å². The normalized spacial score (nSPS) is 9.79. The summed E-state index contributed by atoms with van der Waals surface area (Å²) in [6, 6.07) is 5.83. The standard InChI is InChI=1S/C10H13NO2S/c1-13-10(12)5-7-14-8-9-4-2-3-6-11-9/h2-4,6H,5,7-8H2,1H3. The van der Waals surface area contributed by atoms with Crippen molar-refractivity contribution in [1.29, 1.82) is 0 Å². The highest BCUT2D eigenvalue weighted by atomic mass is 32.2. The topological polar surface area (TPSA) is 39.2 Å². The molecule has 1 aromatic rings. The number of carbonyl (C=O) groups is 1. The molecule has 3 nitrogen and oxygen atoms in total. The molecule has 1 aromatic heterocycles. The van der Waals surface area contributed by atoms with Gasteiger partial charge in [-0.2, -0.15) is 11.8 Å². The molecule has 0 unspecified atom stereocenters. The third-order valence-electron chi connectivity index (χ3n) is 1.65. The zero-order valence-electron chi connectivity index (χ0n) is 8.10. The Morgan fingerprint density at radius 1 is 1.57 bits per heavy atom. The van der Waals surface area contributed by atoms with E-state index in [9.17, 15) is 4.79 Å². The van der Waals surface area contributed by atoms with Gasteiger partial charge < -0.3 is 4.74 Å². The first-order valence-corrected chi connectivity index (χ1v) is 5.53. The molecular weight excluding hydrogens is 198 g/mol. The van der Waals surface area contributed by atoms with E-state index in [-0.39, 0.29) is 5.97 Å². The van der Waals surface area contributed by atoms with Gasteiger partial charge in [-0.15, -0.1) is 0 Å². The Kier molecular flexibility index (Phi) is 5.07. The van der Waals surface area contributed by atoms with Gasteiger partial charge in [0.15, 0.2) is 0 Å². The monoisotopic (exact) mass is 211 g/mol. The van der Waals surface area contributed by atoms with Crippen molar-refractivity contribution < 1.29 is 9.53 Å². The Labute approximate surface area is 87.9 Å². The SMILES string of the molecule is COC(=O)CCSCc1ccccn1. The number of esters is 1. The summed E-state index contributed by atoms with van der Waals surface area (Å²) in [5.41, 5.74) is 1.04. The van der Waals surface area contributed by atoms with Crippen LogP contribution in [0, 0.1) is 0 Å². The number of hydrogen-bond donors (Lipinski definition) is 0. The van der Waals surface area contributed by atoms with Crippen molar-refractivity contribution in [2.24, 2.45) is 0 Å². The number of carbonyl (C=O) groups excluding carboxylic acids is 1. The largest absolute Gasteiger partial charge is 0.469 e. The lowest BCUT2D eigenvalue weighted by atomic mass is 10.4. The lowest BCUT2D eigenvalue weighted by Gasteiger charge is -2.00. The molecule has 0 N–H and O–H groups in total. The van der Waals surface area contributed by atoms with E-state index in [1.165, 1.54) is 7.11 Å². The second-order valence-electron chi connectivity index (χ2n) is 2.70. The second kappa shape index (κ2) is 6.43. The van der Waals surface area contributed by atoms with E-state index >= 15 is 0 Å². The molecular formula is C10H13NO2S. The van der Waals surface area contributed by atoms with Crippen LogP contribution < -0.4 is 0 Å². The number of hydrogen-bond acceptors (Lipinski definition) is 4. The second-order valence-corrected chi connectivity index (χ2v) is 3.80. The average molecular weight is 211 g/mol. The van der Waals surface area contributed by atoms with E-state index in [2.05, 4.69) is 9.72 Å². The smallest absolute Gasteiger partial charge is 0.306 e. The van der Waals surface area contributed by atoms with Crippen LogP contribution in [0.15, 0.2) is 24.4 Å². The molecule has 14 heavy (non-hydrogen) atoms. The molecule has 0 bridgehead atoms. The van der Waals surface area contributed by atoms with Gasteiger partial charge in [0.1, 0.15) is 0 Å². The van der Waals surface area contributed by atoms with Crippen LogP contribution in [0.5, 0.6) is 0 Å². The maximum atomic E-state index is 10.8. The lowest BCUT2D eigenvalue weighted by molar-refractivity contribution is -0.140. The predicted octanol–water partition coefficient (Wildman–Crippen LogP) is 1.88. The average Bonchev–Trinajstić information content (AvgIpc) is 2.25. The van der Waals surface area contributed by atoms with E-state index in [4.69, 9.17) is 0 Å². The number of ether oxygens (including phenoxy) is 1. The van der Waals surface area contributed by atoms with Gasteiger partial charge in [-0.3, -0.25) is 9.78 Å². The van der Waals surface area contributed by atoms with Crippen molar-refractivity contribution in [1.82, 2.24) is 4.98 Å². The molecule has 0 aliphatic rings. The van der Waals surface area contributed by atoms with Gasteiger partial charge in [-0.25, -0.2) is 0 Å².